The first kappa shape index (κ1) is 46.5. The van der Waals surface area contributed by atoms with E-state index in [1.54, 1.807) is 0 Å². The maximum atomic E-state index is 7.09. The molecular formula is C67H64N4O. The van der Waals surface area contributed by atoms with Crippen LogP contribution in [0.25, 0.3) is 38.8 Å². The van der Waals surface area contributed by atoms with E-state index in [9.17, 15) is 0 Å². The molecule has 0 radical (unpaired) electrons. The van der Waals surface area contributed by atoms with Crippen molar-refractivity contribution in [2.45, 2.75) is 84.6 Å². The molecule has 11 rings (SSSR count). The number of rotatable bonds is 11. The smallest absolute Gasteiger partial charge is 0.137 e. The molecular weight excluding hydrogens is 877 g/mol. The van der Waals surface area contributed by atoms with Crippen LogP contribution in [-0.4, -0.2) is 16.1 Å². The van der Waals surface area contributed by atoms with E-state index < -0.39 is 0 Å². The Balaban J connectivity index is 1.000. The highest BCUT2D eigenvalue weighted by atomic mass is 16.5. The fourth-order valence-electron chi connectivity index (χ4n) is 11.1. The van der Waals surface area contributed by atoms with Gasteiger partial charge in [-0.3, -0.25) is 4.57 Å². The summed E-state index contributed by atoms with van der Waals surface area (Å²) in [6.45, 7) is 21.3. The molecule has 1 N–H and O–H groups in total. The summed E-state index contributed by atoms with van der Waals surface area (Å²) in [6.07, 6.45) is 1.93. The molecule has 358 valence electrons. The van der Waals surface area contributed by atoms with Gasteiger partial charge in [0.1, 0.15) is 17.3 Å². The van der Waals surface area contributed by atoms with Gasteiger partial charge in [-0.15, -0.1) is 0 Å². The van der Waals surface area contributed by atoms with Gasteiger partial charge in [-0.1, -0.05) is 170 Å². The third kappa shape index (κ3) is 8.51. The Morgan fingerprint density at radius 2 is 1.14 bits per heavy atom. The number of ether oxygens (including phenoxy) is 1. The van der Waals surface area contributed by atoms with E-state index in [1.165, 1.54) is 61.1 Å². The zero-order chi connectivity index (χ0) is 49.9. The van der Waals surface area contributed by atoms with Gasteiger partial charge >= 0.3 is 0 Å². The quantitative estimate of drug-likeness (QED) is 0.140. The lowest BCUT2D eigenvalue weighted by Crippen LogP contribution is -2.24. The van der Waals surface area contributed by atoms with Gasteiger partial charge in [0.15, 0.2) is 0 Å². The van der Waals surface area contributed by atoms with Crippen LogP contribution >= 0.6 is 0 Å². The topological polar surface area (TPSA) is 42.3 Å². The summed E-state index contributed by atoms with van der Waals surface area (Å²) in [5.74, 6) is 2.43. The van der Waals surface area contributed by atoms with Crippen molar-refractivity contribution < 1.29 is 4.74 Å². The fourth-order valence-corrected chi connectivity index (χ4v) is 11.1. The number of aromatic nitrogens is 2. The second-order valence-corrected chi connectivity index (χ2v) is 21.9. The maximum Gasteiger partial charge on any atom is 0.137 e. The van der Waals surface area contributed by atoms with Crippen LogP contribution < -0.4 is 15.0 Å². The highest BCUT2D eigenvalue weighted by Crippen LogP contribution is 2.47. The van der Waals surface area contributed by atoms with Crippen molar-refractivity contribution >= 4 is 38.9 Å². The van der Waals surface area contributed by atoms with Gasteiger partial charge in [0.2, 0.25) is 0 Å². The van der Waals surface area contributed by atoms with Crippen LogP contribution in [0.2, 0.25) is 0 Å². The summed E-state index contributed by atoms with van der Waals surface area (Å²) < 4.78 is 9.37. The van der Waals surface area contributed by atoms with Crippen LogP contribution in [0.1, 0.15) is 99.0 Å². The molecule has 10 aromatic rings. The molecule has 0 fully saturated rings. The first-order chi connectivity index (χ1) is 34.6. The number of pyridine rings is 1. The summed E-state index contributed by atoms with van der Waals surface area (Å²) in [5.41, 5.74) is 17.4. The predicted octanol–water partition coefficient (Wildman–Crippen LogP) is 17.5. The van der Waals surface area contributed by atoms with E-state index in [2.05, 4.69) is 271 Å². The lowest BCUT2D eigenvalue weighted by molar-refractivity contribution is 0.483. The molecule has 1 aliphatic rings. The molecule has 3 heterocycles. The van der Waals surface area contributed by atoms with Crippen LogP contribution in [-0.2, 0) is 16.2 Å². The summed E-state index contributed by atoms with van der Waals surface area (Å²) in [5, 5.41) is 6.46. The molecule has 1 unspecified atom stereocenters. The summed E-state index contributed by atoms with van der Waals surface area (Å²) in [6, 6.07) is 70.6. The van der Waals surface area contributed by atoms with Gasteiger partial charge in [-0.25, -0.2) is 4.98 Å². The van der Waals surface area contributed by atoms with E-state index >= 15 is 0 Å². The minimum atomic E-state index is -0.236. The number of hydrogen-bond acceptors (Lipinski definition) is 4. The van der Waals surface area contributed by atoms with Crippen molar-refractivity contribution in [1.82, 2.24) is 9.55 Å². The largest absolute Gasteiger partial charge is 0.457 e. The number of nitrogens with one attached hydrogen (secondary N) is 1. The van der Waals surface area contributed by atoms with E-state index in [0.29, 0.717) is 0 Å². The first-order valence-electron chi connectivity index (χ1n) is 25.4. The van der Waals surface area contributed by atoms with E-state index in [-0.39, 0.29) is 22.3 Å². The zero-order valence-electron chi connectivity index (χ0n) is 43.1. The molecule has 0 spiro atoms. The molecule has 0 amide bonds. The van der Waals surface area contributed by atoms with Crippen LogP contribution in [0.3, 0.4) is 0 Å². The van der Waals surface area contributed by atoms with Crippen molar-refractivity contribution in [1.29, 1.82) is 0 Å². The first-order valence-corrected chi connectivity index (χ1v) is 25.4. The van der Waals surface area contributed by atoms with Crippen LogP contribution in [0.5, 0.6) is 11.5 Å². The SMILES string of the molecule is Cc1cccc(C)c1-c1cc(Oc2ccc3c4ccccc4n(-c4cc(C(C)(C)C)ccn4)c3c2)cc(N2CC(Nc3cc(C(C)(C)c4ccccc4)cc(C(C)(C)c4ccccc4)c3)c3ccccc32)c1. The Hall–Kier alpha value is -7.89. The molecule has 0 bridgehead atoms. The van der Waals surface area contributed by atoms with Crippen molar-refractivity contribution in [2.24, 2.45) is 0 Å². The van der Waals surface area contributed by atoms with Crippen LogP contribution in [0.15, 0.2) is 200 Å². The third-order valence-corrected chi connectivity index (χ3v) is 15.4. The van der Waals surface area contributed by atoms with Gasteiger partial charge in [0, 0.05) is 63.5 Å². The van der Waals surface area contributed by atoms with E-state index in [0.717, 1.165) is 57.2 Å². The molecule has 0 saturated heterocycles. The Morgan fingerprint density at radius 1 is 0.514 bits per heavy atom. The predicted molar refractivity (Wildman–Crippen MR) is 302 cm³/mol. The Kier molecular flexibility index (Phi) is 11.7. The maximum absolute atomic E-state index is 7.09. The monoisotopic (exact) mass is 941 g/mol. The van der Waals surface area contributed by atoms with Crippen LogP contribution in [0.4, 0.5) is 17.1 Å². The summed E-state index contributed by atoms with van der Waals surface area (Å²) in [4.78, 5) is 7.41. The molecule has 2 aromatic heterocycles. The second kappa shape index (κ2) is 18.1. The number of anilines is 3. The standard InChI is InChI=1S/C67H64N4O/c1-44-21-20-22-45(2)64(44)46-35-53(41-55(36-46)72-54-31-32-57-56-27-16-19-30-61(56)71(62(57)42-54)63-40-49(33-34-68-63)65(3,4)5)70-43-59(58-28-17-18-29-60(58)70)69-52-38-50(66(6,7)47-23-12-10-13-24-47)37-51(39-52)67(8,9)48-25-14-11-15-26-48/h10-42,59,69H,43H2,1-9H3. The Morgan fingerprint density at radius 3 is 1.82 bits per heavy atom. The van der Waals surface area contributed by atoms with Crippen molar-refractivity contribution in [2.75, 3.05) is 16.8 Å². The molecule has 0 saturated carbocycles. The molecule has 5 heteroatoms. The van der Waals surface area contributed by atoms with Crippen molar-refractivity contribution in [3.05, 3.63) is 245 Å². The van der Waals surface area contributed by atoms with Gasteiger partial charge in [-0.2, -0.15) is 0 Å². The lowest BCUT2D eigenvalue weighted by atomic mass is 9.73. The van der Waals surface area contributed by atoms with Gasteiger partial charge in [-0.05, 0) is 136 Å². The van der Waals surface area contributed by atoms with Crippen molar-refractivity contribution in [3.8, 4) is 28.4 Å². The molecule has 1 aliphatic heterocycles. The summed E-state index contributed by atoms with van der Waals surface area (Å²) >= 11 is 0. The molecule has 5 nitrogen and oxygen atoms in total. The Bertz CT molecular complexity index is 3540. The minimum absolute atomic E-state index is 0.00641. The number of fused-ring (bicyclic) bond motifs is 4. The van der Waals surface area contributed by atoms with E-state index in [1.807, 2.05) is 6.20 Å². The van der Waals surface area contributed by atoms with Crippen molar-refractivity contribution in [3.63, 3.8) is 0 Å². The van der Waals surface area contributed by atoms with Gasteiger partial charge in [0.05, 0.1) is 17.1 Å². The highest BCUT2D eigenvalue weighted by Gasteiger charge is 2.33. The molecule has 0 aliphatic carbocycles. The van der Waals surface area contributed by atoms with Gasteiger partial charge < -0.3 is 15.0 Å². The minimum Gasteiger partial charge on any atom is -0.457 e. The van der Waals surface area contributed by atoms with E-state index in [4.69, 9.17) is 9.72 Å². The fraction of sp³-hybridized carbons (Fsp3) is 0.209. The number of aryl methyl sites for hydroxylation is 2. The lowest BCUT2D eigenvalue weighted by Gasteiger charge is -2.32. The zero-order valence-corrected chi connectivity index (χ0v) is 43.1. The summed E-state index contributed by atoms with van der Waals surface area (Å²) in [7, 11) is 0. The average Bonchev–Trinajstić information content (AvgIpc) is 3.91. The van der Waals surface area contributed by atoms with Gasteiger partial charge in [0.25, 0.3) is 0 Å². The third-order valence-electron chi connectivity index (χ3n) is 15.4. The molecule has 8 aromatic carbocycles. The highest BCUT2D eigenvalue weighted by molar-refractivity contribution is 6.09. The number of benzene rings is 8. The molecule has 1 atom stereocenters. The molecule has 72 heavy (non-hydrogen) atoms. The number of hydrogen-bond donors (Lipinski definition) is 1. The van der Waals surface area contributed by atoms with Crippen LogP contribution in [0, 0.1) is 13.8 Å². The number of nitrogens with zero attached hydrogens (tertiary/aromatic N) is 3. The normalized spacial score (nSPS) is 14.0. The second-order valence-electron chi connectivity index (χ2n) is 21.9. The average molecular weight is 941 g/mol. The Labute approximate surface area is 425 Å². The number of para-hydroxylation sites is 2.